The van der Waals surface area contributed by atoms with Gasteiger partial charge in [-0.3, -0.25) is 0 Å². The molecule has 0 aromatic heterocycles. The minimum atomic E-state index is 0.445. The molecule has 1 N–H and O–H groups in total. The highest BCUT2D eigenvalue weighted by atomic mass is 16.5. The molecule has 0 aliphatic rings. The lowest BCUT2D eigenvalue weighted by atomic mass is 10.1. The van der Waals surface area contributed by atoms with E-state index >= 15 is 0 Å². The van der Waals surface area contributed by atoms with Gasteiger partial charge in [0.15, 0.2) is 0 Å². The van der Waals surface area contributed by atoms with E-state index in [2.05, 4.69) is 31.3 Å². The summed E-state index contributed by atoms with van der Waals surface area (Å²) in [5.41, 5.74) is 1.33. The van der Waals surface area contributed by atoms with Crippen LogP contribution in [0.4, 0.5) is 0 Å². The molecule has 3 heteroatoms. The van der Waals surface area contributed by atoms with Crippen molar-refractivity contribution in [1.29, 1.82) is 0 Å². The van der Waals surface area contributed by atoms with E-state index in [9.17, 15) is 0 Å². The highest BCUT2D eigenvalue weighted by Gasteiger charge is 2.11. The Balaban J connectivity index is 2.45. The summed E-state index contributed by atoms with van der Waals surface area (Å²) in [5.74, 6) is 0.910. The van der Waals surface area contributed by atoms with Gasteiger partial charge in [-0.2, -0.15) is 0 Å². The van der Waals surface area contributed by atoms with Crippen LogP contribution < -0.4 is 10.1 Å². The molecule has 0 aliphatic heterocycles. The smallest absolute Gasteiger partial charge is 0.118 e. The lowest BCUT2D eigenvalue weighted by Gasteiger charge is -2.22. The van der Waals surface area contributed by atoms with E-state index in [1.54, 1.807) is 14.2 Å². The molecule has 2 unspecified atom stereocenters. The fraction of sp³-hybridized carbons (Fsp3) is 0.625. The molecule has 0 aliphatic carbocycles. The van der Waals surface area contributed by atoms with Crippen LogP contribution in [0.5, 0.6) is 5.75 Å². The number of ether oxygens (including phenoxy) is 2. The van der Waals surface area contributed by atoms with E-state index in [-0.39, 0.29) is 0 Å². The molecule has 3 nitrogen and oxygen atoms in total. The van der Waals surface area contributed by atoms with Crippen molar-refractivity contribution in [2.45, 2.75) is 45.2 Å². The molecule has 1 aromatic carbocycles. The second kappa shape index (κ2) is 8.94. The van der Waals surface area contributed by atoms with Gasteiger partial charge in [0, 0.05) is 19.2 Å². The second-order valence-corrected chi connectivity index (χ2v) is 5.06. The van der Waals surface area contributed by atoms with Gasteiger partial charge in [-0.25, -0.2) is 0 Å². The van der Waals surface area contributed by atoms with Crippen LogP contribution in [-0.2, 0) is 11.2 Å². The maximum Gasteiger partial charge on any atom is 0.118 e. The molecule has 0 saturated heterocycles. The first-order valence-electron chi connectivity index (χ1n) is 7.07. The second-order valence-electron chi connectivity index (χ2n) is 5.06. The minimum absolute atomic E-state index is 0.445. The zero-order valence-electron chi connectivity index (χ0n) is 12.6. The SMILES string of the molecule is CCCC(COC)NC(C)Cc1ccc(OC)cc1. The van der Waals surface area contributed by atoms with Crippen molar-refractivity contribution < 1.29 is 9.47 Å². The van der Waals surface area contributed by atoms with Crippen molar-refractivity contribution in [3.05, 3.63) is 29.8 Å². The van der Waals surface area contributed by atoms with Crippen molar-refractivity contribution in [2.24, 2.45) is 0 Å². The van der Waals surface area contributed by atoms with Gasteiger partial charge >= 0.3 is 0 Å². The number of nitrogens with one attached hydrogen (secondary N) is 1. The van der Waals surface area contributed by atoms with Crippen LogP contribution in [0, 0.1) is 0 Å². The molecule has 0 fully saturated rings. The molecular weight excluding hydrogens is 238 g/mol. The first kappa shape index (κ1) is 16.0. The summed E-state index contributed by atoms with van der Waals surface area (Å²) >= 11 is 0. The third kappa shape index (κ3) is 6.08. The van der Waals surface area contributed by atoms with Gasteiger partial charge < -0.3 is 14.8 Å². The summed E-state index contributed by atoms with van der Waals surface area (Å²) in [5, 5.41) is 3.64. The van der Waals surface area contributed by atoms with Crippen LogP contribution in [0.15, 0.2) is 24.3 Å². The van der Waals surface area contributed by atoms with Crippen molar-refractivity contribution in [1.82, 2.24) is 5.32 Å². The zero-order valence-corrected chi connectivity index (χ0v) is 12.6. The summed E-state index contributed by atoms with van der Waals surface area (Å²) < 4.78 is 10.4. The quantitative estimate of drug-likeness (QED) is 0.744. The number of hydrogen-bond donors (Lipinski definition) is 1. The van der Waals surface area contributed by atoms with E-state index in [1.165, 1.54) is 12.0 Å². The molecule has 0 amide bonds. The Morgan fingerprint density at radius 3 is 2.37 bits per heavy atom. The van der Waals surface area contributed by atoms with Gasteiger partial charge in [-0.05, 0) is 37.5 Å². The number of rotatable bonds is 9. The number of hydrogen-bond acceptors (Lipinski definition) is 3. The third-order valence-corrected chi connectivity index (χ3v) is 3.23. The van der Waals surface area contributed by atoms with Gasteiger partial charge in [-0.15, -0.1) is 0 Å². The standard InChI is InChI=1S/C16H27NO2/c1-5-6-15(12-18-3)17-13(2)11-14-7-9-16(19-4)10-8-14/h7-10,13,15,17H,5-6,11-12H2,1-4H3. The maximum atomic E-state index is 5.26. The van der Waals surface area contributed by atoms with Crippen LogP contribution in [0.25, 0.3) is 0 Å². The van der Waals surface area contributed by atoms with Crippen LogP contribution in [-0.4, -0.2) is 32.9 Å². The predicted molar refractivity (Wildman–Crippen MR) is 79.9 cm³/mol. The Morgan fingerprint density at radius 1 is 1.16 bits per heavy atom. The molecule has 0 spiro atoms. The van der Waals surface area contributed by atoms with E-state index in [0.717, 1.165) is 25.2 Å². The molecule has 108 valence electrons. The zero-order chi connectivity index (χ0) is 14.1. The molecule has 19 heavy (non-hydrogen) atoms. The topological polar surface area (TPSA) is 30.5 Å². The predicted octanol–water partition coefficient (Wildman–Crippen LogP) is 3.03. The molecule has 0 radical (unpaired) electrons. The molecule has 1 aromatic rings. The summed E-state index contributed by atoms with van der Waals surface area (Å²) in [6.45, 7) is 5.21. The number of benzene rings is 1. The van der Waals surface area contributed by atoms with Crippen LogP contribution in [0.1, 0.15) is 32.3 Å². The van der Waals surface area contributed by atoms with Gasteiger partial charge in [0.1, 0.15) is 5.75 Å². The fourth-order valence-electron chi connectivity index (χ4n) is 2.34. The number of methoxy groups -OCH3 is 2. The van der Waals surface area contributed by atoms with Crippen LogP contribution >= 0.6 is 0 Å². The van der Waals surface area contributed by atoms with Crippen molar-refractivity contribution in [2.75, 3.05) is 20.8 Å². The summed E-state index contributed by atoms with van der Waals surface area (Å²) in [4.78, 5) is 0. The summed E-state index contributed by atoms with van der Waals surface area (Å²) in [6.07, 6.45) is 3.35. The van der Waals surface area contributed by atoms with Crippen LogP contribution in [0.2, 0.25) is 0 Å². The molecule has 0 bridgehead atoms. The molecule has 0 saturated carbocycles. The maximum absolute atomic E-state index is 5.26. The lowest BCUT2D eigenvalue weighted by molar-refractivity contribution is 0.157. The first-order chi connectivity index (χ1) is 9.19. The molecule has 2 atom stereocenters. The Hall–Kier alpha value is -1.06. The van der Waals surface area contributed by atoms with E-state index in [0.29, 0.717) is 12.1 Å². The highest BCUT2D eigenvalue weighted by Crippen LogP contribution is 2.13. The molecule has 1 rings (SSSR count). The summed E-state index contributed by atoms with van der Waals surface area (Å²) in [6, 6.07) is 9.18. The molecule has 0 heterocycles. The molecular formula is C16H27NO2. The largest absolute Gasteiger partial charge is 0.497 e. The van der Waals surface area contributed by atoms with Gasteiger partial charge in [-0.1, -0.05) is 25.5 Å². The van der Waals surface area contributed by atoms with Crippen LogP contribution in [0.3, 0.4) is 0 Å². The van der Waals surface area contributed by atoms with E-state index < -0.39 is 0 Å². The highest BCUT2D eigenvalue weighted by molar-refractivity contribution is 5.27. The fourth-order valence-corrected chi connectivity index (χ4v) is 2.34. The third-order valence-electron chi connectivity index (χ3n) is 3.23. The average molecular weight is 265 g/mol. The van der Waals surface area contributed by atoms with Crippen molar-refractivity contribution >= 4 is 0 Å². The van der Waals surface area contributed by atoms with Gasteiger partial charge in [0.05, 0.1) is 13.7 Å². The monoisotopic (exact) mass is 265 g/mol. The summed E-state index contributed by atoms with van der Waals surface area (Å²) in [7, 11) is 3.46. The Kier molecular flexibility index (Phi) is 7.53. The van der Waals surface area contributed by atoms with Crippen molar-refractivity contribution in [3.8, 4) is 5.75 Å². The van der Waals surface area contributed by atoms with E-state index in [4.69, 9.17) is 9.47 Å². The lowest BCUT2D eigenvalue weighted by Crippen LogP contribution is -2.40. The minimum Gasteiger partial charge on any atom is -0.497 e. The normalized spacial score (nSPS) is 14.1. The Morgan fingerprint density at radius 2 is 1.84 bits per heavy atom. The van der Waals surface area contributed by atoms with E-state index in [1.807, 2.05) is 12.1 Å². The Bertz CT molecular complexity index is 331. The Labute approximate surface area is 117 Å². The van der Waals surface area contributed by atoms with Gasteiger partial charge in [0.25, 0.3) is 0 Å². The van der Waals surface area contributed by atoms with Crippen molar-refractivity contribution in [3.63, 3.8) is 0 Å². The average Bonchev–Trinajstić information content (AvgIpc) is 2.40. The van der Waals surface area contributed by atoms with Gasteiger partial charge in [0.2, 0.25) is 0 Å². The first-order valence-corrected chi connectivity index (χ1v) is 7.07.